The Morgan fingerprint density at radius 1 is 1.30 bits per heavy atom. The van der Waals surface area contributed by atoms with E-state index in [1.165, 1.54) is 0 Å². The molecule has 2 rings (SSSR count). The van der Waals surface area contributed by atoms with E-state index in [9.17, 15) is 13.2 Å². The van der Waals surface area contributed by atoms with Gasteiger partial charge in [0.2, 0.25) is 5.91 Å². The van der Waals surface area contributed by atoms with Gasteiger partial charge in [-0.1, -0.05) is 12.1 Å². The molecule has 1 aromatic carbocycles. The quantitative estimate of drug-likeness (QED) is 0.651. The van der Waals surface area contributed by atoms with Crippen LogP contribution in [0.1, 0.15) is 25.3 Å². The van der Waals surface area contributed by atoms with Gasteiger partial charge in [0, 0.05) is 26.2 Å². The number of hydrogen-bond donors (Lipinski definition) is 1. The van der Waals surface area contributed by atoms with Crippen LogP contribution in [0, 0.1) is 5.92 Å². The highest BCUT2D eigenvalue weighted by Crippen LogP contribution is 2.21. The molecule has 1 N–H and O–H groups in total. The zero-order valence-corrected chi connectivity index (χ0v) is 14.6. The van der Waals surface area contributed by atoms with Crippen molar-refractivity contribution in [3.8, 4) is 0 Å². The number of nitrogens with one attached hydrogen (secondary N) is 1. The largest absolute Gasteiger partial charge is 0.378 e. The van der Waals surface area contributed by atoms with E-state index in [1.807, 2.05) is 50.2 Å². The van der Waals surface area contributed by atoms with Crippen LogP contribution in [-0.4, -0.2) is 45.6 Å². The molecule has 0 bridgehead atoms. The molecule has 1 saturated heterocycles. The van der Waals surface area contributed by atoms with E-state index in [-0.39, 0.29) is 29.8 Å². The Morgan fingerprint density at radius 2 is 1.96 bits per heavy atom. The van der Waals surface area contributed by atoms with E-state index in [4.69, 9.17) is 0 Å². The molecule has 23 heavy (non-hydrogen) atoms. The van der Waals surface area contributed by atoms with Gasteiger partial charge < -0.3 is 4.90 Å². The maximum atomic E-state index is 11.9. The summed E-state index contributed by atoms with van der Waals surface area (Å²) in [5.41, 5.74) is 5.25. The number of anilines is 1. The number of carbonyl (C=O) groups is 1. The van der Waals surface area contributed by atoms with Crippen molar-refractivity contribution < 1.29 is 13.2 Å². The molecule has 0 saturated carbocycles. The van der Waals surface area contributed by atoms with Gasteiger partial charge in [0.1, 0.15) is 0 Å². The lowest BCUT2D eigenvalue weighted by Crippen LogP contribution is -2.22. The van der Waals surface area contributed by atoms with Crippen LogP contribution in [0.4, 0.5) is 5.69 Å². The summed E-state index contributed by atoms with van der Waals surface area (Å²) in [4.78, 5) is 13.9. The molecule has 0 spiro atoms. The normalized spacial score (nSPS) is 20.3. The maximum Gasteiger partial charge on any atom is 0.240 e. The van der Waals surface area contributed by atoms with E-state index in [2.05, 4.69) is 10.5 Å². The van der Waals surface area contributed by atoms with Crippen molar-refractivity contribution in [3.63, 3.8) is 0 Å². The van der Waals surface area contributed by atoms with Gasteiger partial charge in [0.15, 0.2) is 9.84 Å². The molecule has 1 aliphatic heterocycles. The third-order valence-electron chi connectivity index (χ3n) is 3.95. The Bertz CT molecular complexity index is 694. The first-order valence-corrected chi connectivity index (χ1v) is 9.40. The van der Waals surface area contributed by atoms with Gasteiger partial charge in [0.25, 0.3) is 0 Å². The molecule has 1 aliphatic rings. The van der Waals surface area contributed by atoms with Crippen LogP contribution in [0.2, 0.25) is 0 Å². The van der Waals surface area contributed by atoms with Crippen molar-refractivity contribution >= 4 is 27.1 Å². The van der Waals surface area contributed by atoms with E-state index in [0.29, 0.717) is 12.1 Å². The van der Waals surface area contributed by atoms with Crippen molar-refractivity contribution in [2.75, 3.05) is 30.5 Å². The van der Waals surface area contributed by atoms with Gasteiger partial charge in [-0.2, -0.15) is 5.10 Å². The minimum Gasteiger partial charge on any atom is -0.378 e. The molecule has 1 fully saturated rings. The summed E-state index contributed by atoms with van der Waals surface area (Å²) in [5.74, 6) is -0.0353. The van der Waals surface area contributed by atoms with Crippen molar-refractivity contribution in [2.45, 2.75) is 19.8 Å². The second-order valence-electron chi connectivity index (χ2n) is 6.15. The number of hydrogen-bond acceptors (Lipinski definition) is 5. The van der Waals surface area contributed by atoms with Crippen LogP contribution < -0.4 is 10.3 Å². The van der Waals surface area contributed by atoms with E-state index in [0.717, 1.165) is 11.3 Å². The molecule has 0 aliphatic carbocycles. The van der Waals surface area contributed by atoms with Gasteiger partial charge in [-0.05, 0) is 37.0 Å². The van der Waals surface area contributed by atoms with Crippen LogP contribution in [-0.2, 0) is 14.6 Å². The second kappa shape index (κ2) is 7.12. The molecular formula is C16H23N3O3S. The molecular weight excluding hydrogens is 314 g/mol. The summed E-state index contributed by atoms with van der Waals surface area (Å²) in [6, 6.07) is 7.87. The van der Waals surface area contributed by atoms with Crippen LogP contribution in [0.15, 0.2) is 29.4 Å². The molecule has 0 radical (unpaired) electrons. The highest BCUT2D eigenvalue weighted by atomic mass is 32.2. The Balaban J connectivity index is 1.90. The summed E-state index contributed by atoms with van der Waals surface area (Å²) in [5, 5.41) is 4.10. The number of sulfone groups is 1. The number of nitrogens with zero attached hydrogens (tertiary/aromatic N) is 2. The first-order chi connectivity index (χ1) is 10.8. The van der Waals surface area contributed by atoms with Crippen molar-refractivity contribution in [1.29, 1.82) is 0 Å². The van der Waals surface area contributed by atoms with Crippen LogP contribution >= 0.6 is 0 Å². The first-order valence-electron chi connectivity index (χ1n) is 7.58. The lowest BCUT2D eigenvalue weighted by Gasteiger charge is -2.12. The lowest BCUT2D eigenvalue weighted by molar-refractivity contribution is -0.121. The first kappa shape index (κ1) is 17.5. The SMILES string of the molecule is C/C(=N/NC(=O)C[C@H]1CCS(=O)(=O)C1)c1ccc(N(C)C)cc1. The maximum absolute atomic E-state index is 11.9. The van der Waals surface area contributed by atoms with Gasteiger partial charge in [0.05, 0.1) is 17.2 Å². The third kappa shape index (κ3) is 5.06. The molecule has 1 amide bonds. The zero-order chi connectivity index (χ0) is 17.0. The predicted molar refractivity (Wildman–Crippen MR) is 92.5 cm³/mol. The van der Waals surface area contributed by atoms with Crippen molar-refractivity contribution in [2.24, 2.45) is 11.0 Å². The van der Waals surface area contributed by atoms with E-state index < -0.39 is 9.84 Å². The fourth-order valence-electron chi connectivity index (χ4n) is 2.55. The lowest BCUT2D eigenvalue weighted by atomic mass is 10.1. The van der Waals surface area contributed by atoms with Gasteiger partial charge in [-0.3, -0.25) is 4.79 Å². The van der Waals surface area contributed by atoms with Gasteiger partial charge >= 0.3 is 0 Å². The number of rotatable bonds is 5. The number of hydrazone groups is 1. The summed E-state index contributed by atoms with van der Waals surface area (Å²) in [6.07, 6.45) is 0.764. The number of benzene rings is 1. The molecule has 1 aromatic rings. The third-order valence-corrected chi connectivity index (χ3v) is 5.79. The van der Waals surface area contributed by atoms with Crippen molar-refractivity contribution in [1.82, 2.24) is 5.43 Å². The zero-order valence-electron chi connectivity index (χ0n) is 13.7. The average molecular weight is 337 g/mol. The van der Waals surface area contributed by atoms with Crippen LogP contribution in [0.25, 0.3) is 0 Å². The highest BCUT2D eigenvalue weighted by Gasteiger charge is 2.29. The Hall–Kier alpha value is -1.89. The highest BCUT2D eigenvalue weighted by molar-refractivity contribution is 7.91. The molecule has 6 nitrogen and oxygen atoms in total. The standard InChI is InChI=1S/C16H23N3O3S/c1-12(14-4-6-15(7-5-14)19(2)3)17-18-16(20)10-13-8-9-23(21,22)11-13/h4-7,13H,8-11H2,1-3H3,(H,18,20)/b17-12-/t13-/m1/s1. The average Bonchev–Trinajstić information content (AvgIpc) is 2.83. The summed E-state index contributed by atoms with van der Waals surface area (Å²) in [7, 11) is 0.997. The summed E-state index contributed by atoms with van der Waals surface area (Å²) in [6.45, 7) is 1.82. The Labute approximate surface area is 137 Å². The number of amides is 1. The fourth-order valence-corrected chi connectivity index (χ4v) is 4.41. The molecule has 126 valence electrons. The predicted octanol–water partition coefficient (Wildman–Crippen LogP) is 1.42. The van der Waals surface area contributed by atoms with Gasteiger partial charge in [-0.25, -0.2) is 13.8 Å². The van der Waals surface area contributed by atoms with Crippen molar-refractivity contribution in [3.05, 3.63) is 29.8 Å². The summed E-state index contributed by atoms with van der Waals surface area (Å²) < 4.78 is 22.8. The molecule has 0 unspecified atom stereocenters. The van der Waals surface area contributed by atoms with Crippen LogP contribution in [0.5, 0.6) is 0 Å². The van der Waals surface area contributed by atoms with Crippen LogP contribution in [0.3, 0.4) is 0 Å². The fraction of sp³-hybridized carbons (Fsp3) is 0.500. The van der Waals surface area contributed by atoms with E-state index in [1.54, 1.807) is 0 Å². The minimum absolute atomic E-state index is 0.0881. The molecule has 0 aromatic heterocycles. The monoisotopic (exact) mass is 337 g/mol. The second-order valence-corrected chi connectivity index (χ2v) is 8.38. The number of carbonyl (C=O) groups excluding carboxylic acids is 1. The Morgan fingerprint density at radius 3 is 2.48 bits per heavy atom. The van der Waals surface area contributed by atoms with E-state index >= 15 is 0 Å². The van der Waals surface area contributed by atoms with Gasteiger partial charge in [-0.15, -0.1) is 0 Å². The minimum atomic E-state index is -2.95. The Kier molecular flexibility index (Phi) is 5.41. The molecule has 1 heterocycles. The summed E-state index contributed by atoms with van der Waals surface area (Å²) >= 11 is 0. The smallest absolute Gasteiger partial charge is 0.240 e. The molecule has 1 atom stereocenters. The molecule has 7 heteroatoms. The topological polar surface area (TPSA) is 78.8 Å².